The van der Waals surface area contributed by atoms with E-state index < -0.39 is 0 Å². The molecule has 3 nitrogen and oxygen atoms in total. The van der Waals surface area contributed by atoms with Gasteiger partial charge in [0.25, 0.3) is 0 Å². The summed E-state index contributed by atoms with van der Waals surface area (Å²) in [6.45, 7) is 0.836. The molecular weight excluding hydrogens is 341 g/mol. The van der Waals surface area contributed by atoms with Crippen molar-refractivity contribution in [3.63, 3.8) is 0 Å². The number of hydrogen-bond acceptors (Lipinski definition) is 2. The van der Waals surface area contributed by atoms with Crippen molar-refractivity contribution in [1.82, 2.24) is 14.3 Å². The van der Waals surface area contributed by atoms with Crippen LogP contribution in [0.25, 0.3) is 16.9 Å². The van der Waals surface area contributed by atoms with Crippen molar-refractivity contribution in [2.24, 2.45) is 0 Å². The van der Waals surface area contributed by atoms with Crippen molar-refractivity contribution in [3.8, 4) is 11.3 Å². The van der Waals surface area contributed by atoms with Crippen LogP contribution >= 0.6 is 36.4 Å². The highest BCUT2D eigenvalue weighted by Gasteiger charge is 2.14. The van der Waals surface area contributed by atoms with E-state index in [4.69, 9.17) is 16.6 Å². The molecule has 0 N–H and O–H groups in total. The molecule has 0 aliphatic heterocycles. The van der Waals surface area contributed by atoms with Crippen molar-refractivity contribution in [2.75, 3.05) is 14.1 Å². The number of halogens is 3. The van der Waals surface area contributed by atoms with Gasteiger partial charge in [0.2, 0.25) is 0 Å². The van der Waals surface area contributed by atoms with E-state index in [1.54, 1.807) is 0 Å². The number of rotatable bonds is 3. The molecule has 2 heterocycles. The van der Waals surface area contributed by atoms with Crippen LogP contribution in [-0.2, 0) is 6.54 Å². The topological polar surface area (TPSA) is 20.5 Å². The molecule has 0 spiro atoms. The van der Waals surface area contributed by atoms with Crippen LogP contribution in [0.4, 0.5) is 0 Å². The quantitative estimate of drug-likeness (QED) is 0.684. The lowest BCUT2D eigenvalue weighted by Crippen LogP contribution is -2.13. The molecule has 1 aromatic carbocycles. The van der Waals surface area contributed by atoms with Crippen LogP contribution in [0.5, 0.6) is 0 Å². The van der Waals surface area contributed by atoms with Gasteiger partial charge in [-0.1, -0.05) is 29.8 Å². The first-order chi connectivity index (χ1) is 9.65. The second-order valence-corrected chi connectivity index (χ2v) is 5.52. The second kappa shape index (κ2) is 7.84. The first-order valence-corrected chi connectivity index (χ1v) is 6.89. The third kappa shape index (κ3) is 3.73. The maximum atomic E-state index is 5.97. The van der Waals surface area contributed by atoms with E-state index in [1.807, 2.05) is 42.5 Å². The first-order valence-electron chi connectivity index (χ1n) is 6.52. The largest absolute Gasteiger partial charge is 0.304 e. The SMILES string of the molecule is CN(C)Cc1c(-c2ccc(Cl)cc2)nc2ccccn12.Cl.Cl. The number of aromatic nitrogens is 2. The maximum absolute atomic E-state index is 5.97. The van der Waals surface area contributed by atoms with Crippen LogP contribution in [0.1, 0.15) is 5.69 Å². The summed E-state index contributed by atoms with van der Waals surface area (Å²) in [7, 11) is 4.13. The number of imidazole rings is 1. The minimum atomic E-state index is 0. The summed E-state index contributed by atoms with van der Waals surface area (Å²) in [6.07, 6.45) is 2.06. The van der Waals surface area contributed by atoms with Crippen LogP contribution in [0, 0.1) is 0 Å². The Bertz CT molecular complexity index is 736. The molecular formula is C16H18Cl3N3. The minimum Gasteiger partial charge on any atom is -0.304 e. The van der Waals surface area contributed by atoms with Gasteiger partial charge in [0.1, 0.15) is 5.65 Å². The van der Waals surface area contributed by atoms with E-state index in [-0.39, 0.29) is 24.8 Å². The van der Waals surface area contributed by atoms with Gasteiger partial charge >= 0.3 is 0 Å². The summed E-state index contributed by atoms with van der Waals surface area (Å²) in [5, 5.41) is 0.742. The Kier molecular flexibility index (Phi) is 6.69. The van der Waals surface area contributed by atoms with Crippen molar-refractivity contribution < 1.29 is 0 Å². The molecule has 6 heteroatoms. The second-order valence-electron chi connectivity index (χ2n) is 5.08. The van der Waals surface area contributed by atoms with Gasteiger partial charge in [-0.15, -0.1) is 24.8 Å². The van der Waals surface area contributed by atoms with Crippen molar-refractivity contribution in [1.29, 1.82) is 0 Å². The average Bonchev–Trinajstić information content (AvgIpc) is 2.78. The monoisotopic (exact) mass is 357 g/mol. The van der Waals surface area contributed by atoms with Gasteiger partial charge < -0.3 is 9.30 Å². The normalized spacial score (nSPS) is 10.4. The van der Waals surface area contributed by atoms with Crippen LogP contribution in [0.2, 0.25) is 5.02 Å². The van der Waals surface area contributed by atoms with Crippen LogP contribution < -0.4 is 0 Å². The van der Waals surface area contributed by atoms with Gasteiger partial charge in [-0.05, 0) is 38.4 Å². The number of hydrogen-bond donors (Lipinski definition) is 0. The van der Waals surface area contributed by atoms with Gasteiger partial charge in [0.15, 0.2) is 0 Å². The van der Waals surface area contributed by atoms with Crippen LogP contribution in [0.3, 0.4) is 0 Å². The number of nitrogens with zero attached hydrogens (tertiary/aromatic N) is 3. The predicted octanol–water partition coefficient (Wildman–Crippen LogP) is 4.56. The fourth-order valence-electron chi connectivity index (χ4n) is 2.34. The van der Waals surface area contributed by atoms with Crippen molar-refractivity contribution in [3.05, 3.63) is 59.4 Å². The summed E-state index contributed by atoms with van der Waals surface area (Å²) < 4.78 is 2.14. The minimum absolute atomic E-state index is 0. The summed E-state index contributed by atoms with van der Waals surface area (Å²) in [4.78, 5) is 6.91. The fourth-order valence-corrected chi connectivity index (χ4v) is 2.46. The third-order valence-corrected chi connectivity index (χ3v) is 3.46. The van der Waals surface area contributed by atoms with E-state index >= 15 is 0 Å². The molecule has 0 unspecified atom stereocenters. The zero-order valence-electron chi connectivity index (χ0n) is 12.4. The summed E-state index contributed by atoms with van der Waals surface area (Å²) >= 11 is 5.97. The van der Waals surface area contributed by atoms with E-state index in [1.165, 1.54) is 5.69 Å². The van der Waals surface area contributed by atoms with Crippen molar-refractivity contribution >= 4 is 42.1 Å². The smallest absolute Gasteiger partial charge is 0.137 e. The highest BCUT2D eigenvalue weighted by atomic mass is 35.5. The number of benzene rings is 1. The van der Waals surface area contributed by atoms with E-state index in [2.05, 4.69) is 29.6 Å². The van der Waals surface area contributed by atoms with E-state index in [0.717, 1.165) is 28.5 Å². The molecule has 0 saturated heterocycles. The number of pyridine rings is 1. The standard InChI is InChI=1S/C16H16ClN3.2ClH/c1-19(2)11-14-16(12-6-8-13(17)9-7-12)18-15-5-3-4-10-20(14)15;;/h3-10H,11H2,1-2H3;2*1H. The Morgan fingerprint density at radius 3 is 2.36 bits per heavy atom. The highest BCUT2D eigenvalue weighted by Crippen LogP contribution is 2.26. The predicted molar refractivity (Wildman–Crippen MR) is 97.5 cm³/mol. The summed E-state index contributed by atoms with van der Waals surface area (Å²) in [6, 6.07) is 13.9. The molecule has 0 amide bonds. The van der Waals surface area contributed by atoms with Gasteiger partial charge in [-0.2, -0.15) is 0 Å². The van der Waals surface area contributed by atoms with E-state index in [0.29, 0.717) is 0 Å². The Labute approximate surface area is 147 Å². The Morgan fingerprint density at radius 2 is 1.73 bits per heavy atom. The molecule has 2 aromatic heterocycles. The summed E-state index contributed by atoms with van der Waals surface area (Å²) in [5.74, 6) is 0. The third-order valence-electron chi connectivity index (χ3n) is 3.21. The molecule has 22 heavy (non-hydrogen) atoms. The first kappa shape index (κ1) is 18.8. The Balaban J connectivity index is 0.00000121. The zero-order valence-corrected chi connectivity index (χ0v) is 14.8. The van der Waals surface area contributed by atoms with Gasteiger partial charge in [0.05, 0.1) is 11.4 Å². The molecule has 0 bridgehead atoms. The average molecular weight is 359 g/mol. The molecule has 0 fully saturated rings. The Hall–Kier alpha value is -1.26. The lowest BCUT2D eigenvalue weighted by atomic mass is 10.1. The van der Waals surface area contributed by atoms with Crippen LogP contribution in [-0.4, -0.2) is 28.4 Å². The molecule has 3 rings (SSSR count). The Morgan fingerprint density at radius 1 is 1.05 bits per heavy atom. The molecule has 0 aliphatic rings. The van der Waals surface area contributed by atoms with E-state index in [9.17, 15) is 0 Å². The lowest BCUT2D eigenvalue weighted by Gasteiger charge is -2.11. The molecule has 3 aromatic rings. The summed E-state index contributed by atoms with van der Waals surface area (Å²) in [5.41, 5.74) is 4.26. The fraction of sp³-hybridized carbons (Fsp3) is 0.188. The lowest BCUT2D eigenvalue weighted by molar-refractivity contribution is 0.396. The van der Waals surface area contributed by atoms with Crippen molar-refractivity contribution in [2.45, 2.75) is 6.54 Å². The molecule has 118 valence electrons. The molecule has 0 saturated carbocycles. The molecule has 0 aliphatic carbocycles. The van der Waals surface area contributed by atoms with Gasteiger partial charge in [-0.3, -0.25) is 0 Å². The zero-order chi connectivity index (χ0) is 14.1. The molecule has 0 radical (unpaired) electrons. The van der Waals surface area contributed by atoms with Gasteiger partial charge in [0, 0.05) is 23.3 Å². The van der Waals surface area contributed by atoms with Crippen LogP contribution in [0.15, 0.2) is 48.7 Å². The number of fused-ring (bicyclic) bond motifs is 1. The van der Waals surface area contributed by atoms with Gasteiger partial charge in [-0.25, -0.2) is 4.98 Å². The highest BCUT2D eigenvalue weighted by molar-refractivity contribution is 6.30. The molecule has 0 atom stereocenters. The maximum Gasteiger partial charge on any atom is 0.137 e.